The quantitative estimate of drug-likeness (QED) is 0.886. The molecule has 2 fully saturated rings. The number of morpholine rings is 1. The monoisotopic (exact) mass is 366 g/mol. The van der Waals surface area contributed by atoms with Crippen LogP contribution in [0.15, 0.2) is 29.2 Å². The number of carbonyl (C=O) groups is 1. The standard InChI is InChI=1S/C18H26N2O4S/c1-13-11-20(12-14(2)24-13)18(21)15-6-5-9-17(10-15)25(22,23)19-16-7-3-4-8-16/h5-6,9-10,13-14,16,19H,3-4,7-8,11-12H2,1-2H3. The average molecular weight is 366 g/mol. The molecule has 2 atom stereocenters. The highest BCUT2D eigenvalue weighted by atomic mass is 32.2. The van der Waals surface area contributed by atoms with Gasteiger partial charge in [-0.15, -0.1) is 0 Å². The van der Waals surface area contributed by atoms with Crippen LogP contribution in [-0.4, -0.2) is 50.6 Å². The Bertz CT molecular complexity index is 718. The summed E-state index contributed by atoms with van der Waals surface area (Å²) in [6.45, 7) is 4.89. The SMILES string of the molecule is CC1CN(C(=O)c2cccc(S(=O)(=O)NC3CCCC3)c2)CC(C)O1. The minimum Gasteiger partial charge on any atom is -0.372 e. The van der Waals surface area contributed by atoms with Crippen LogP contribution in [0.25, 0.3) is 0 Å². The van der Waals surface area contributed by atoms with Crippen molar-refractivity contribution < 1.29 is 17.9 Å². The maximum absolute atomic E-state index is 12.8. The second kappa shape index (κ2) is 7.43. The number of sulfonamides is 1. The summed E-state index contributed by atoms with van der Waals surface area (Å²) in [6.07, 6.45) is 3.81. The average Bonchev–Trinajstić information content (AvgIpc) is 3.05. The van der Waals surface area contributed by atoms with Crippen LogP contribution in [0.5, 0.6) is 0 Å². The Hall–Kier alpha value is -1.44. The molecule has 138 valence electrons. The number of ether oxygens (including phenoxy) is 1. The molecule has 25 heavy (non-hydrogen) atoms. The minimum absolute atomic E-state index is 0.00491. The molecule has 1 N–H and O–H groups in total. The number of benzene rings is 1. The molecule has 1 saturated carbocycles. The third kappa shape index (κ3) is 4.40. The smallest absolute Gasteiger partial charge is 0.254 e. The zero-order chi connectivity index (χ0) is 18.0. The molecule has 1 aliphatic carbocycles. The maximum atomic E-state index is 12.8. The van der Waals surface area contributed by atoms with E-state index < -0.39 is 10.0 Å². The maximum Gasteiger partial charge on any atom is 0.254 e. The summed E-state index contributed by atoms with van der Waals surface area (Å²) in [5, 5.41) is 0. The molecule has 3 rings (SSSR count). The van der Waals surface area contributed by atoms with Crippen molar-refractivity contribution in [3.8, 4) is 0 Å². The van der Waals surface area contributed by atoms with Gasteiger partial charge >= 0.3 is 0 Å². The van der Waals surface area contributed by atoms with E-state index >= 15 is 0 Å². The molecule has 1 saturated heterocycles. The number of rotatable bonds is 4. The highest BCUT2D eigenvalue weighted by Crippen LogP contribution is 2.21. The van der Waals surface area contributed by atoms with E-state index in [1.54, 1.807) is 23.1 Å². The Morgan fingerprint density at radius 3 is 2.44 bits per heavy atom. The van der Waals surface area contributed by atoms with Gasteiger partial charge in [0.15, 0.2) is 0 Å². The van der Waals surface area contributed by atoms with Gasteiger partial charge in [-0.05, 0) is 44.9 Å². The molecule has 2 aliphatic rings. The number of carbonyl (C=O) groups excluding carboxylic acids is 1. The van der Waals surface area contributed by atoms with Gasteiger partial charge in [0.1, 0.15) is 0 Å². The second-order valence-corrected chi connectivity index (χ2v) is 8.81. The number of amides is 1. The highest BCUT2D eigenvalue weighted by molar-refractivity contribution is 7.89. The van der Waals surface area contributed by atoms with E-state index in [4.69, 9.17) is 4.74 Å². The van der Waals surface area contributed by atoms with Crippen molar-refractivity contribution in [3.05, 3.63) is 29.8 Å². The summed E-state index contributed by atoms with van der Waals surface area (Å²) in [5.41, 5.74) is 0.399. The molecule has 0 aromatic heterocycles. The molecule has 1 heterocycles. The van der Waals surface area contributed by atoms with Crippen molar-refractivity contribution in [2.75, 3.05) is 13.1 Å². The van der Waals surface area contributed by atoms with Crippen molar-refractivity contribution >= 4 is 15.9 Å². The van der Waals surface area contributed by atoms with Crippen LogP contribution in [0.3, 0.4) is 0 Å². The number of hydrogen-bond acceptors (Lipinski definition) is 4. The van der Waals surface area contributed by atoms with E-state index in [2.05, 4.69) is 4.72 Å². The molecular weight excluding hydrogens is 340 g/mol. The molecule has 1 amide bonds. The van der Waals surface area contributed by atoms with Gasteiger partial charge in [-0.1, -0.05) is 18.9 Å². The van der Waals surface area contributed by atoms with E-state index in [0.717, 1.165) is 25.7 Å². The number of hydrogen-bond donors (Lipinski definition) is 1. The lowest BCUT2D eigenvalue weighted by atomic mass is 10.1. The number of nitrogens with one attached hydrogen (secondary N) is 1. The molecule has 0 radical (unpaired) electrons. The van der Waals surface area contributed by atoms with E-state index in [1.165, 1.54) is 6.07 Å². The Labute approximate surface area is 149 Å². The zero-order valence-corrected chi connectivity index (χ0v) is 15.6. The van der Waals surface area contributed by atoms with E-state index in [1.807, 2.05) is 13.8 Å². The first-order valence-corrected chi connectivity index (χ1v) is 10.4. The Morgan fingerprint density at radius 2 is 1.80 bits per heavy atom. The van der Waals surface area contributed by atoms with Crippen LogP contribution >= 0.6 is 0 Å². The third-order valence-corrected chi connectivity index (χ3v) is 6.29. The van der Waals surface area contributed by atoms with Crippen LogP contribution in [0.2, 0.25) is 0 Å². The van der Waals surface area contributed by atoms with E-state index in [-0.39, 0.29) is 29.1 Å². The van der Waals surface area contributed by atoms with Crippen LogP contribution in [-0.2, 0) is 14.8 Å². The van der Waals surface area contributed by atoms with Crippen LogP contribution in [0.1, 0.15) is 49.9 Å². The summed E-state index contributed by atoms with van der Waals surface area (Å²) >= 11 is 0. The van der Waals surface area contributed by atoms with Gasteiger partial charge in [0, 0.05) is 24.7 Å². The van der Waals surface area contributed by atoms with Crippen molar-refractivity contribution in [1.29, 1.82) is 0 Å². The molecule has 1 aromatic carbocycles. The molecule has 7 heteroatoms. The summed E-state index contributed by atoms with van der Waals surface area (Å²) < 4.78 is 33.6. The molecule has 0 bridgehead atoms. The van der Waals surface area contributed by atoms with Gasteiger partial charge in [-0.3, -0.25) is 4.79 Å². The fourth-order valence-corrected chi connectivity index (χ4v) is 5.00. The fourth-order valence-electron chi connectivity index (χ4n) is 3.65. The van der Waals surface area contributed by atoms with Gasteiger partial charge < -0.3 is 9.64 Å². The van der Waals surface area contributed by atoms with Crippen molar-refractivity contribution in [2.45, 2.75) is 62.7 Å². The third-order valence-electron chi connectivity index (χ3n) is 4.78. The fraction of sp³-hybridized carbons (Fsp3) is 0.611. The van der Waals surface area contributed by atoms with Crippen LogP contribution in [0, 0.1) is 0 Å². The number of nitrogens with zero attached hydrogens (tertiary/aromatic N) is 1. The Balaban J connectivity index is 1.77. The van der Waals surface area contributed by atoms with Crippen molar-refractivity contribution in [2.24, 2.45) is 0 Å². The van der Waals surface area contributed by atoms with Crippen molar-refractivity contribution in [3.63, 3.8) is 0 Å². The van der Waals surface area contributed by atoms with Gasteiger partial charge in [0.2, 0.25) is 10.0 Å². The Morgan fingerprint density at radius 1 is 1.16 bits per heavy atom. The molecule has 6 nitrogen and oxygen atoms in total. The van der Waals surface area contributed by atoms with Crippen molar-refractivity contribution in [1.82, 2.24) is 9.62 Å². The first-order chi connectivity index (χ1) is 11.8. The van der Waals surface area contributed by atoms with Gasteiger partial charge in [0.25, 0.3) is 5.91 Å². The van der Waals surface area contributed by atoms with Crippen LogP contribution < -0.4 is 4.72 Å². The molecule has 1 aromatic rings. The lowest BCUT2D eigenvalue weighted by molar-refractivity contribution is -0.0586. The highest BCUT2D eigenvalue weighted by Gasteiger charge is 2.28. The predicted molar refractivity (Wildman–Crippen MR) is 94.9 cm³/mol. The predicted octanol–water partition coefficient (Wildman–Crippen LogP) is 2.16. The Kier molecular flexibility index (Phi) is 5.46. The van der Waals surface area contributed by atoms with E-state index in [0.29, 0.717) is 18.7 Å². The summed E-state index contributed by atoms with van der Waals surface area (Å²) in [6, 6.07) is 6.32. The summed E-state index contributed by atoms with van der Waals surface area (Å²) in [7, 11) is -3.60. The normalized spacial score (nSPS) is 25.3. The van der Waals surface area contributed by atoms with Gasteiger partial charge in [-0.25, -0.2) is 13.1 Å². The van der Waals surface area contributed by atoms with E-state index in [9.17, 15) is 13.2 Å². The first kappa shape index (κ1) is 18.4. The molecule has 0 spiro atoms. The largest absolute Gasteiger partial charge is 0.372 e. The summed E-state index contributed by atoms with van der Waals surface area (Å²) in [5.74, 6) is -0.153. The first-order valence-electron chi connectivity index (χ1n) is 8.92. The van der Waals surface area contributed by atoms with Gasteiger partial charge in [0.05, 0.1) is 17.1 Å². The second-order valence-electron chi connectivity index (χ2n) is 7.10. The molecular formula is C18H26N2O4S. The topological polar surface area (TPSA) is 75.7 Å². The minimum atomic E-state index is -3.60. The van der Waals surface area contributed by atoms with Gasteiger partial charge in [-0.2, -0.15) is 0 Å². The lowest BCUT2D eigenvalue weighted by Gasteiger charge is -2.35. The van der Waals surface area contributed by atoms with Crippen LogP contribution in [0.4, 0.5) is 0 Å². The lowest BCUT2D eigenvalue weighted by Crippen LogP contribution is -2.48. The molecule has 1 aliphatic heterocycles. The molecule has 2 unspecified atom stereocenters. The summed E-state index contributed by atoms with van der Waals surface area (Å²) in [4.78, 5) is 14.7. The zero-order valence-electron chi connectivity index (χ0n) is 14.8.